The molecule has 1 heterocycles. The van der Waals surface area contributed by atoms with Crippen LogP contribution in [-0.4, -0.2) is 18.9 Å². The molecule has 0 aliphatic carbocycles. The maximum absolute atomic E-state index is 13.4. The van der Waals surface area contributed by atoms with Gasteiger partial charge in [-0.1, -0.05) is 71.8 Å². The van der Waals surface area contributed by atoms with E-state index in [1.54, 1.807) is 18.2 Å². The molecule has 6 heteroatoms. The summed E-state index contributed by atoms with van der Waals surface area (Å²) >= 11 is 7.63. The number of thioether (sulfide) groups is 1. The molecule has 0 saturated heterocycles. The normalized spacial score (nSPS) is 13.8. The van der Waals surface area contributed by atoms with Gasteiger partial charge in [0.1, 0.15) is 5.75 Å². The summed E-state index contributed by atoms with van der Waals surface area (Å²) in [6.07, 6.45) is 0. The molecule has 3 aromatic carbocycles. The Hall–Kier alpha value is -3.02. The minimum atomic E-state index is -0.356. The van der Waals surface area contributed by atoms with Crippen LogP contribution in [0.3, 0.4) is 0 Å². The van der Waals surface area contributed by atoms with Gasteiger partial charge in [-0.25, -0.2) is 4.90 Å². The number of anilines is 1. The number of ether oxygens (including phenoxy) is 1. The Labute approximate surface area is 190 Å². The predicted octanol–water partition coefficient (Wildman–Crippen LogP) is 5.87. The zero-order chi connectivity index (χ0) is 22.0. The lowest BCUT2D eigenvalue weighted by atomic mass is 10.0. The highest BCUT2D eigenvalue weighted by Gasteiger charge is 2.40. The van der Waals surface area contributed by atoms with E-state index in [-0.39, 0.29) is 11.8 Å². The van der Waals surface area contributed by atoms with Crippen molar-refractivity contribution in [3.05, 3.63) is 99.4 Å². The van der Waals surface area contributed by atoms with Crippen molar-refractivity contribution in [2.75, 3.05) is 12.0 Å². The molecule has 2 amide bonds. The zero-order valence-electron chi connectivity index (χ0n) is 17.1. The second-order valence-electron chi connectivity index (χ2n) is 7.11. The van der Waals surface area contributed by atoms with Crippen LogP contribution in [0.2, 0.25) is 5.02 Å². The molecule has 4 rings (SSSR count). The van der Waals surface area contributed by atoms with E-state index in [9.17, 15) is 9.59 Å². The molecule has 0 bridgehead atoms. The maximum Gasteiger partial charge on any atom is 0.272 e. The van der Waals surface area contributed by atoms with E-state index < -0.39 is 0 Å². The van der Waals surface area contributed by atoms with E-state index in [2.05, 4.69) is 0 Å². The van der Waals surface area contributed by atoms with Gasteiger partial charge in [0.25, 0.3) is 11.8 Å². The summed E-state index contributed by atoms with van der Waals surface area (Å²) in [7, 11) is 1.52. The lowest BCUT2D eigenvalue weighted by Crippen LogP contribution is -2.31. The fourth-order valence-electron chi connectivity index (χ4n) is 3.38. The van der Waals surface area contributed by atoms with Gasteiger partial charge in [0, 0.05) is 5.75 Å². The van der Waals surface area contributed by atoms with Crippen LogP contribution in [0.25, 0.3) is 5.57 Å². The second kappa shape index (κ2) is 9.00. The highest BCUT2D eigenvalue weighted by Crippen LogP contribution is 2.41. The van der Waals surface area contributed by atoms with Crippen LogP contribution in [0.5, 0.6) is 5.75 Å². The van der Waals surface area contributed by atoms with Crippen LogP contribution in [0.4, 0.5) is 5.69 Å². The van der Waals surface area contributed by atoms with Crippen molar-refractivity contribution in [3.8, 4) is 5.75 Å². The van der Waals surface area contributed by atoms with Gasteiger partial charge in [-0.3, -0.25) is 9.59 Å². The smallest absolute Gasteiger partial charge is 0.272 e. The molecule has 0 saturated carbocycles. The van der Waals surface area contributed by atoms with Gasteiger partial charge >= 0.3 is 0 Å². The molecule has 31 heavy (non-hydrogen) atoms. The fourth-order valence-corrected chi connectivity index (χ4v) is 4.70. The largest absolute Gasteiger partial charge is 0.495 e. The summed E-state index contributed by atoms with van der Waals surface area (Å²) in [6, 6.07) is 22.4. The average molecular weight is 450 g/mol. The highest BCUT2D eigenvalue weighted by molar-refractivity contribution is 8.03. The first kappa shape index (κ1) is 21.2. The lowest BCUT2D eigenvalue weighted by Gasteiger charge is -2.16. The molecule has 0 unspecified atom stereocenters. The standard InChI is InChI=1S/C25H20ClNO3S/c1-16-8-10-18(11-9-16)22-23(31-15-17-6-4-3-5-7-17)25(29)27(24(22)28)19-12-13-21(30-2)20(26)14-19/h3-14H,15H2,1-2H3. The summed E-state index contributed by atoms with van der Waals surface area (Å²) in [5.41, 5.74) is 3.72. The summed E-state index contributed by atoms with van der Waals surface area (Å²) in [5.74, 6) is 0.366. The number of carbonyl (C=O) groups is 2. The topological polar surface area (TPSA) is 46.6 Å². The summed E-state index contributed by atoms with van der Waals surface area (Å²) < 4.78 is 5.19. The van der Waals surface area contributed by atoms with E-state index in [0.29, 0.717) is 32.7 Å². The van der Waals surface area contributed by atoms with E-state index >= 15 is 0 Å². The van der Waals surface area contributed by atoms with E-state index in [4.69, 9.17) is 16.3 Å². The first-order chi connectivity index (χ1) is 15.0. The Bertz CT molecular complexity index is 1170. The molecule has 156 valence electrons. The SMILES string of the molecule is COc1ccc(N2C(=O)C(SCc3ccccc3)=C(c3ccc(C)cc3)C2=O)cc1Cl. The molecular formula is C25H20ClNO3S. The number of hydrogen-bond acceptors (Lipinski definition) is 4. The van der Waals surface area contributed by atoms with Gasteiger partial charge in [0.05, 0.1) is 28.3 Å². The van der Waals surface area contributed by atoms with Crippen LogP contribution < -0.4 is 9.64 Å². The molecule has 1 aliphatic heterocycles. The van der Waals surface area contributed by atoms with Gasteiger partial charge in [-0.2, -0.15) is 0 Å². The van der Waals surface area contributed by atoms with Crippen LogP contribution >= 0.6 is 23.4 Å². The zero-order valence-corrected chi connectivity index (χ0v) is 18.7. The molecule has 4 nitrogen and oxygen atoms in total. The van der Waals surface area contributed by atoms with Crippen molar-refractivity contribution in [1.29, 1.82) is 0 Å². The summed E-state index contributed by atoms with van der Waals surface area (Å²) in [5, 5.41) is 0.336. The third kappa shape index (κ3) is 4.24. The number of rotatable bonds is 6. The summed E-state index contributed by atoms with van der Waals surface area (Å²) in [4.78, 5) is 28.5. The monoisotopic (exact) mass is 449 g/mol. The van der Waals surface area contributed by atoms with Crippen molar-refractivity contribution < 1.29 is 14.3 Å². The number of carbonyl (C=O) groups excluding carboxylic acids is 2. The van der Waals surface area contributed by atoms with E-state index in [1.165, 1.54) is 23.8 Å². The Morgan fingerprint density at radius 3 is 2.29 bits per heavy atom. The molecular weight excluding hydrogens is 430 g/mol. The third-order valence-electron chi connectivity index (χ3n) is 5.00. The van der Waals surface area contributed by atoms with Gasteiger partial charge in [0.15, 0.2) is 0 Å². The Kier molecular flexibility index (Phi) is 6.16. The number of amides is 2. The number of hydrogen-bond donors (Lipinski definition) is 0. The number of imide groups is 1. The van der Waals surface area contributed by atoms with Gasteiger partial charge < -0.3 is 4.74 Å². The quantitative estimate of drug-likeness (QED) is 0.441. The van der Waals surface area contributed by atoms with Crippen molar-refractivity contribution in [1.82, 2.24) is 0 Å². The van der Waals surface area contributed by atoms with Gasteiger partial charge in [-0.05, 0) is 36.2 Å². The molecule has 0 aromatic heterocycles. The molecule has 0 atom stereocenters. The van der Waals surface area contributed by atoms with Crippen molar-refractivity contribution in [3.63, 3.8) is 0 Å². The first-order valence-corrected chi connectivity index (χ1v) is 11.1. The number of nitrogens with zero attached hydrogens (tertiary/aromatic N) is 1. The number of halogens is 1. The summed E-state index contributed by atoms with van der Waals surface area (Å²) in [6.45, 7) is 1.98. The molecule has 3 aromatic rings. The van der Waals surface area contributed by atoms with Gasteiger partial charge in [0.2, 0.25) is 0 Å². The Morgan fingerprint density at radius 1 is 0.935 bits per heavy atom. The molecule has 0 fully saturated rings. The van der Waals surface area contributed by atoms with E-state index in [0.717, 1.165) is 16.7 Å². The van der Waals surface area contributed by atoms with E-state index in [1.807, 2.05) is 61.5 Å². The minimum absolute atomic E-state index is 0.336. The Balaban J connectivity index is 1.74. The second-order valence-corrected chi connectivity index (χ2v) is 8.50. The predicted molar refractivity (Wildman–Crippen MR) is 126 cm³/mol. The minimum Gasteiger partial charge on any atom is -0.495 e. The van der Waals surface area contributed by atoms with Crippen LogP contribution in [-0.2, 0) is 15.3 Å². The third-order valence-corrected chi connectivity index (χ3v) is 6.44. The average Bonchev–Trinajstić information content (AvgIpc) is 3.03. The van der Waals surface area contributed by atoms with Crippen molar-refractivity contribution in [2.45, 2.75) is 12.7 Å². The van der Waals surface area contributed by atoms with Gasteiger partial charge in [-0.15, -0.1) is 11.8 Å². The lowest BCUT2D eigenvalue weighted by molar-refractivity contribution is -0.119. The number of methoxy groups -OCH3 is 1. The highest BCUT2D eigenvalue weighted by atomic mass is 35.5. The maximum atomic E-state index is 13.4. The Morgan fingerprint density at radius 2 is 1.65 bits per heavy atom. The van der Waals surface area contributed by atoms with Crippen LogP contribution in [0.15, 0.2) is 77.7 Å². The number of benzene rings is 3. The van der Waals surface area contributed by atoms with Crippen LogP contribution in [0, 0.1) is 6.92 Å². The molecule has 0 radical (unpaired) electrons. The molecule has 1 aliphatic rings. The van der Waals surface area contributed by atoms with Crippen molar-refractivity contribution >= 4 is 46.4 Å². The van der Waals surface area contributed by atoms with Crippen molar-refractivity contribution in [2.24, 2.45) is 0 Å². The molecule has 0 spiro atoms. The number of aryl methyl sites for hydroxylation is 1. The van der Waals surface area contributed by atoms with Crippen LogP contribution in [0.1, 0.15) is 16.7 Å². The first-order valence-electron chi connectivity index (χ1n) is 9.70. The molecule has 0 N–H and O–H groups in total. The fraction of sp³-hybridized carbons (Fsp3) is 0.120.